The van der Waals surface area contributed by atoms with E-state index in [9.17, 15) is 13.6 Å². The Morgan fingerprint density at radius 1 is 1.21 bits per heavy atom. The van der Waals surface area contributed by atoms with Crippen LogP contribution < -0.4 is 4.74 Å². The molecule has 0 fully saturated rings. The van der Waals surface area contributed by atoms with Crippen LogP contribution in [0.15, 0.2) is 24.3 Å². The molecule has 1 aromatic carbocycles. The third kappa shape index (κ3) is 4.17. The highest BCUT2D eigenvalue weighted by Gasteiger charge is 2.42. The zero-order valence-corrected chi connectivity index (χ0v) is 10.8. The molecule has 0 heterocycles. The number of carbonyl (C=O) groups is 1. The average Bonchev–Trinajstić information content (AvgIpc) is 2.40. The van der Waals surface area contributed by atoms with Crippen LogP contribution in [0, 0.1) is 0 Å². The Morgan fingerprint density at radius 3 is 2.37 bits per heavy atom. The largest absolute Gasteiger partial charge is 0.491 e. The second-order valence-corrected chi connectivity index (χ2v) is 3.66. The summed E-state index contributed by atoms with van der Waals surface area (Å²) in [6, 6.07) is 5.02. The normalized spacial score (nSPS) is 11.2. The van der Waals surface area contributed by atoms with Crippen molar-refractivity contribution in [2.45, 2.75) is 12.8 Å². The molecule has 0 aliphatic rings. The van der Waals surface area contributed by atoms with Gasteiger partial charge >= 0.3 is 11.9 Å². The summed E-state index contributed by atoms with van der Waals surface area (Å²) in [5.41, 5.74) is -0.426. The molecule has 6 heteroatoms. The maximum atomic E-state index is 13.6. The summed E-state index contributed by atoms with van der Waals surface area (Å²) in [6.45, 7) is 2.11. The van der Waals surface area contributed by atoms with Crippen LogP contribution in [0.4, 0.5) is 8.78 Å². The molecule has 0 aliphatic heterocycles. The van der Waals surface area contributed by atoms with E-state index in [-0.39, 0.29) is 6.61 Å². The minimum Gasteiger partial charge on any atom is -0.491 e. The number of rotatable bonds is 7. The van der Waals surface area contributed by atoms with Gasteiger partial charge in [0.15, 0.2) is 0 Å². The average molecular weight is 274 g/mol. The van der Waals surface area contributed by atoms with Crippen molar-refractivity contribution in [3.63, 3.8) is 0 Å². The SMILES string of the molecule is CCOC(=O)C(F)(F)c1ccc(OCCOC)cc1. The molecule has 0 aromatic heterocycles. The molecule has 0 aliphatic carbocycles. The van der Waals surface area contributed by atoms with Gasteiger partial charge in [-0.2, -0.15) is 8.78 Å². The molecule has 0 atom stereocenters. The minimum atomic E-state index is -3.65. The summed E-state index contributed by atoms with van der Waals surface area (Å²) < 4.78 is 41.6. The minimum absolute atomic E-state index is 0.0906. The fourth-order valence-corrected chi connectivity index (χ4v) is 1.34. The summed E-state index contributed by atoms with van der Waals surface area (Å²) in [5, 5.41) is 0. The lowest BCUT2D eigenvalue weighted by Gasteiger charge is -2.15. The van der Waals surface area contributed by atoms with Crippen molar-refractivity contribution in [3.8, 4) is 5.75 Å². The predicted molar refractivity (Wildman–Crippen MR) is 64.3 cm³/mol. The third-order valence-corrected chi connectivity index (χ3v) is 2.30. The van der Waals surface area contributed by atoms with Crippen molar-refractivity contribution in [1.29, 1.82) is 0 Å². The van der Waals surface area contributed by atoms with Gasteiger partial charge in [-0.25, -0.2) is 4.79 Å². The van der Waals surface area contributed by atoms with Crippen LogP contribution in [0.3, 0.4) is 0 Å². The number of halogens is 2. The molecule has 0 N–H and O–H groups in total. The summed E-state index contributed by atoms with van der Waals surface area (Å²) in [7, 11) is 1.53. The first-order chi connectivity index (χ1) is 9.02. The second-order valence-electron chi connectivity index (χ2n) is 3.66. The van der Waals surface area contributed by atoms with E-state index in [4.69, 9.17) is 9.47 Å². The lowest BCUT2D eigenvalue weighted by atomic mass is 10.1. The number of carbonyl (C=O) groups excluding carboxylic acids is 1. The molecule has 0 spiro atoms. The van der Waals surface area contributed by atoms with Gasteiger partial charge in [-0.15, -0.1) is 0 Å². The molecule has 0 amide bonds. The highest BCUT2D eigenvalue weighted by molar-refractivity contribution is 5.79. The van der Waals surface area contributed by atoms with Crippen LogP contribution in [0.1, 0.15) is 12.5 Å². The number of hydrogen-bond donors (Lipinski definition) is 0. The van der Waals surface area contributed by atoms with Gasteiger partial charge in [0.2, 0.25) is 0 Å². The third-order valence-electron chi connectivity index (χ3n) is 2.30. The van der Waals surface area contributed by atoms with Gasteiger partial charge < -0.3 is 14.2 Å². The monoisotopic (exact) mass is 274 g/mol. The van der Waals surface area contributed by atoms with Crippen molar-refractivity contribution < 1.29 is 27.8 Å². The fraction of sp³-hybridized carbons (Fsp3) is 0.462. The van der Waals surface area contributed by atoms with Gasteiger partial charge in [0.05, 0.1) is 13.2 Å². The Balaban J connectivity index is 2.71. The number of benzene rings is 1. The second kappa shape index (κ2) is 7.04. The maximum absolute atomic E-state index is 13.6. The molecule has 0 saturated carbocycles. The van der Waals surface area contributed by atoms with E-state index >= 15 is 0 Å². The van der Waals surface area contributed by atoms with Crippen LogP contribution >= 0.6 is 0 Å². The molecular formula is C13H16F2O4. The topological polar surface area (TPSA) is 44.8 Å². The van der Waals surface area contributed by atoms with Gasteiger partial charge in [0.25, 0.3) is 0 Å². The summed E-state index contributed by atoms with van der Waals surface area (Å²) in [4.78, 5) is 11.1. The summed E-state index contributed by atoms with van der Waals surface area (Å²) in [6.07, 6.45) is 0. The number of ether oxygens (including phenoxy) is 3. The number of hydrogen-bond acceptors (Lipinski definition) is 4. The van der Waals surface area contributed by atoms with Crippen molar-refractivity contribution in [1.82, 2.24) is 0 Å². The van der Waals surface area contributed by atoms with Crippen molar-refractivity contribution >= 4 is 5.97 Å². The molecule has 0 saturated heterocycles. The zero-order chi connectivity index (χ0) is 14.3. The van der Waals surface area contributed by atoms with Gasteiger partial charge in [-0.05, 0) is 31.2 Å². The highest BCUT2D eigenvalue weighted by Crippen LogP contribution is 2.30. The Hall–Kier alpha value is -1.69. The molecule has 0 unspecified atom stereocenters. The van der Waals surface area contributed by atoms with Crippen molar-refractivity contribution in [2.75, 3.05) is 26.9 Å². The smallest absolute Gasteiger partial charge is 0.381 e. The first-order valence-electron chi connectivity index (χ1n) is 5.79. The maximum Gasteiger partial charge on any atom is 0.381 e. The zero-order valence-electron chi connectivity index (χ0n) is 10.8. The van der Waals surface area contributed by atoms with E-state index < -0.39 is 17.5 Å². The molecular weight excluding hydrogens is 258 g/mol. The Bertz CT molecular complexity index is 404. The van der Waals surface area contributed by atoms with E-state index in [0.717, 1.165) is 12.1 Å². The van der Waals surface area contributed by atoms with Crippen LogP contribution in [-0.4, -0.2) is 32.9 Å². The molecule has 1 rings (SSSR count). The lowest BCUT2D eigenvalue weighted by Crippen LogP contribution is -2.28. The number of esters is 1. The van der Waals surface area contributed by atoms with Gasteiger partial charge in [0.1, 0.15) is 12.4 Å². The fourth-order valence-electron chi connectivity index (χ4n) is 1.34. The van der Waals surface area contributed by atoms with E-state index in [1.165, 1.54) is 26.2 Å². The van der Waals surface area contributed by atoms with Crippen LogP contribution in [0.25, 0.3) is 0 Å². The van der Waals surface area contributed by atoms with Crippen molar-refractivity contribution in [3.05, 3.63) is 29.8 Å². The molecule has 1 aromatic rings. The quantitative estimate of drug-likeness (QED) is 0.565. The Labute approximate surface area is 110 Å². The van der Waals surface area contributed by atoms with Crippen LogP contribution in [-0.2, 0) is 20.2 Å². The first kappa shape index (κ1) is 15.4. The molecule has 106 valence electrons. The first-order valence-corrected chi connectivity index (χ1v) is 5.79. The van der Waals surface area contributed by atoms with Crippen molar-refractivity contribution in [2.24, 2.45) is 0 Å². The van der Waals surface area contributed by atoms with Gasteiger partial charge in [-0.1, -0.05) is 0 Å². The molecule has 0 radical (unpaired) electrons. The van der Waals surface area contributed by atoms with E-state index in [2.05, 4.69) is 4.74 Å². The number of alkyl halides is 2. The Kier molecular flexibility index (Phi) is 5.69. The lowest BCUT2D eigenvalue weighted by molar-refractivity contribution is -0.173. The van der Waals surface area contributed by atoms with E-state index in [0.29, 0.717) is 19.0 Å². The molecule has 0 bridgehead atoms. The van der Waals surface area contributed by atoms with Gasteiger partial charge in [0, 0.05) is 12.7 Å². The molecule has 4 nitrogen and oxygen atoms in total. The number of methoxy groups -OCH3 is 1. The van der Waals surface area contributed by atoms with E-state index in [1.807, 2.05) is 0 Å². The van der Waals surface area contributed by atoms with Crippen LogP contribution in [0.5, 0.6) is 5.75 Å². The standard InChI is InChI=1S/C13H16F2O4/c1-3-18-12(16)13(14,15)10-4-6-11(7-5-10)19-9-8-17-2/h4-7H,3,8-9H2,1-2H3. The summed E-state index contributed by atoms with van der Waals surface area (Å²) >= 11 is 0. The summed E-state index contributed by atoms with van der Waals surface area (Å²) in [5.74, 6) is -4.77. The molecule has 19 heavy (non-hydrogen) atoms. The predicted octanol–water partition coefficient (Wildman–Crippen LogP) is 2.37. The van der Waals surface area contributed by atoms with E-state index in [1.54, 1.807) is 0 Å². The Morgan fingerprint density at radius 2 is 1.84 bits per heavy atom. The highest BCUT2D eigenvalue weighted by atomic mass is 19.3. The van der Waals surface area contributed by atoms with Gasteiger partial charge in [-0.3, -0.25) is 0 Å². The van der Waals surface area contributed by atoms with Crippen LogP contribution in [0.2, 0.25) is 0 Å².